The first-order valence-electron chi connectivity index (χ1n) is 8.48. The zero-order chi connectivity index (χ0) is 17.6. The van der Waals surface area contributed by atoms with Gasteiger partial charge >= 0.3 is 0 Å². The molecule has 2 N–H and O–H groups in total. The standard InChI is InChI=1S/C19H23N3O3/c1-14(23)21-11-17-13-22(7-8-25-17)19(24)18-12-20-10-16(18)9-15-5-3-2-4-6-15/h2-6,10,12,17,20H,7-9,11,13H2,1H3,(H,21,23). The monoisotopic (exact) mass is 341 g/mol. The largest absolute Gasteiger partial charge is 0.373 e. The van der Waals surface area contributed by atoms with Crippen LogP contribution in [0.4, 0.5) is 0 Å². The van der Waals surface area contributed by atoms with Gasteiger partial charge < -0.3 is 19.9 Å². The highest BCUT2D eigenvalue weighted by Crippen LogP contribution is 2.17. The van der Waals surface area contributed by atoms with Gasteiger partial charge in [-0.3, -0.25) is 9.59 Å². The second-order valence-corrected chi connectivity index (χ2v) is 6.24. The van der Waals surface area contributed by atoms with E-state index in [2.05, 4.69) is 22.4 Å². The van der Waals surface area contributed by atoms with Crippen molar-refractivity contribution in [2.75, 3.05) is 26.2 Å². The van der Waals surface area contributed by atoms with Crippen LogP contribution in [-0.2, 0) is 16.0 Å². The second-order valence-electron chi connectivity index (χ2n) is 6.24. The van der Waals surface area contributed by atoms with E-state index in [4.69, 9.17) is 4.74 Å². The highest BCUT2D eigenvalue weighted by Gasteiger charge is 2.26. The summed E-state index contributed by atoms with van der Waals surface area (Å²) in [6.45, 7) is 3.42. The fraction of sp³-hybridized carbons (Fsp3) is 0.368. The van der Waals surface area contributed by atoms with Crippen LogP contribution < -0.4 is 5.32 Å². The van der Waals surface area contributed by atoms with Gasteiger partial charge in [-0.2, -0.15) is 0 Å². The smallest absolute Gasteiger partial charge is 0.255 e. The van der Waals surface area contributed by atoms with Crippen molar-refractivity contribution in [3.8, 4) is 0 Å². The van der Waals surface area contributed by atoms with Crippen LogP contribution in [-0.4, -0.2) is 54.0 Å². The molecule has 1 saturated heterocycles. The molecule has 2 amide bonds. The molecule has 1 fully saturated rings. The first-order valence-corrected chi connectivity index (χ1v) is 8.48. The topological polar surface area (TPSA) is 74.4 Å². The van der Waals surface area contributed by atoms with E-state index in [-0.39, 0.29) is 17.9 Å². The summed E-state index contributed by atoms with van der Waals surface area (Å²) in [5.41, 5.74) is 2.85. The minimum atomic E-state index is -0.168. The van der Waals surface area contributed by atoms with Gasteiger partial charge in [-0.15, -0.1) is 0 Å². The lowest BCUT2D eigenvalue weighted by atomic mass is 10.0. The van der Waals surface area contributed by atoms with Crippen LogP contribution in [0.1, 0.15) is 28.4 Å². The first kappa shape index (κ1) is 17.2. The number of hydrogen-bond donors (Lipinski definition) is 2. The molecule has 6 heteroatoms. The number of rotatable bonds is 5. The summed E-state index contributed by atoms with van der Waals surface area (Å²) >= 11 is 0. The summed E-state index contributed by atoms with van der Waals surface area (Å²) in [4.78, 5) is 28.8. The first-order chi connectivity index (χ1) is 12.1. The Morgan fingerprint density at radius 2 is 2.08 bits per heavy atom. The molecule has 3 rings (SSSR count). The summed E-state index contributed by atoms with van der Waals surface area (Å²) < 4.78 is 5.64. The van der Waals surface area contributed by atoms with Gasteiger partial charge in [-0.1, -0.05) is 30.3 Å². The Balaban J connectivity index is 1.67. The lowest BCUT2D eigenvalue weighted by Gasteiger charge is -2.33. The zero-order valence-electron chi connectivity index (χ0n) is 14.3. The third-order valence-corrected chi connectivity index (χ3v) is 4.30. The van der Waals surface area contributed by atoms with Gasteiger partial charge in [0, 0.05) is 39.0 Å². The average molecular weight is 341 g/mol. The van der Waals surface area contributed by atoms with Crippen LogP contribution in [0.3, 0.4) is 0 Å². The van der Waals surface area contributed by atoms with Crippen molar-refractivity contribution in [1.82, 2.24) is 15.2 Å². The third-order valence-electron chi connectivity index (χ3n) is 4.30. The van der Waals surface area contributed by atoms with Gasteiger partial charge in [0.2, 0.25) is 5.91 Å². The summed E-state index contributed by atoms with van der Waals surface area (Å²) in [5, 5.41) is 2.75. The van der Waals surface area contributed by atoms with Crippen molar-refractivity contribution in [2.24, 2.45) is 0 Å². The fourth-order valence-corrected chi connectivity index (χ4v) is 3.01. The minimum Gasteiger partial charge on any atom is -0.373 e. The Hall–Kier alpha value is -2.60. The quantitative estimate of drug-likeness (QED) is 0.867. The van der Waals surface area contributed by atoms with E-state index in [0.717, 1.165) is 5.56 Å². The van der Waals surface area contributed by atoms with Crippen molar-refractivity contribution in [1.29, 1.82) is 0 Å². The Morgan fingerprint density at radius 1 is 1.28 bits per heavy atom. The molecule has 25 heavy (non-hydrogen) atoms. The molecule has 1 atom stereocenters. The van der Waals surface area contributed by atoms with Crippen LogP contribution in [0.25, 0.3) is 0 Å². The van der Waals surface area contributed by atoms with E-state index in [1.807, 2.05) is 24.4 Å². The molecule has 0 bridgehead atoms. The van der Waals surface area contributed by atoms with Crippen molar-refractivity contribution in [3.05, 3.63) is 59.4 Å². The Morgan fingerprint density at radius 3 is 2.84 bits per heavy atom. The predicted molar refractivity (Wildman–Crippen MR) is 94.4 cm³/mol. The van der Waals surface area contributed by atoms with E-state index in [0.29, 0.717) is 38.2 Å². The molecule has 0 saturated carbocycles. The maximum absolute atomic E-state index is 12.9. The second kappa shape index (κ2) is 7.98. The molecule has 1 aromatic heterocycles. The molecule has 0 aliphatic carbocycles. The van der Waals surface area contributed by atoms with Gasteiger partial charge in [0.05, 0.1) is 18.3 Å². The summed E-state index contributed by atoms with van der Waals surface area (Å²) in [6.07, 6.45) is 4.19. The number of carbonyl (C=O) groups excluding carboxylic acids is 2. The summed E-state index contributed by atoms with van der Waals surface area (Å²) in [5.74, 6) is -0.0915. The summed E-state index contributed by atoms with van der Waals surface area (Å²) in [6, 6.07) is 10.1. The lowest BCUT2D eigenvalue weighted by Crippen LogP contribution is -2.49. The van der Waals surface area contributed by atoms with Gasteiger partial charge in [0.1, 0.15) is 0 Å². The molecule has 0 radical (unpaired) electrons. The summed E-state index contributed by atoms with van der Waals surface area (Å²) in [7, 11) is 0. The van der Waals surface area contributed by atoms with E-state index >= 15 is 0 Å². The molecule has 1 aliphatic rings. The lowest BCUT2D eigenvalue weighted by molar-refractivity contribution is -0.120. The fourth-order valence-electron chi connectivity index (χ4n) is 3.01. The van der Waals surface area contributed by atoms with Crippen LogP contribution >= 0.6 is 0 Å². The molecule has 6 nitrogen and oxygen atoms in total. The molecule has 1 unspecified atom stereocenters. The Kier molecular flexibility index (Phi) is 5.50. The maximum atomic E-state index is 12.9. The number of aromatic amines is 1. The Labute approximate surface area is 147 Å². The van der Waals surface area contributed by atoms with E-state index in [9.17, 15) is 9.59 Å². The number of amides is 2. The van der Waals surface area contributed by atoms with Gasteiger partial charge in [-0.05, 0) is 17.5 Å². The molecule has 1 aliphatic heterocycles. The molecule has 2 aromatic rings. The van der Waals surface area contributed by atoms with Crippen molar-refractivity contribution in [2.45, 2.75) is 19.4 Å². The van der Waals surface area contributed by atoms with Crippen molar-refractivity contribution < 1.29 is 14.3 Å². The maximum Gasteiger partial charge on any atom is 0.255 e. The van der Waals surface area contributed by atoms with Crippen LogP contribution in [0.5, 0.6) is 0 Å². The number of ether oxygens (including phenoxy) is 1. The zero-order valence-corrected chi connectivity index (χ0v) is 14.3. The van der Waals surface area contributed by atoms with Crippen LogP contribution in [0.15, 0.2) is 42.7 Å². The molecular formula is C19H23N3O3. The molecular weight excluding hydrogens is 318 g/mol. The van der Waals surface area contributed by atoms with E-state index < -0.39 is 0 Å². The normalized spacial score (nSPS) is 17.3. The average Bonchev–Trinajstić information content (AvgIpc) is 3.08. The molecule has 1 aromatic carbocycles. The number of nitrogens with zero attached hydrogens (tertiary/aromatic N) is 1. The number of hydrogen-bond acceptors (Lipinski definition) is 3. The van der Waals surface area contributed by atoms with E-state index in [1.165, 1.54) is 12.5 Å². The highest BCUT2D eigenvalue weighted by atomic mass is 16.5. The minimum absolute atomic E-state index is 0.00306. The van der Waals surface area contributed by atoms with Crippen LogP contribution in [0.2, 0.25) is 0 Å². The molecule has 2 heterocycles. The predicted octanol–water partition coefficient (Wildman–Crippen LogP) is 1.58. The SMILES string of the molecule is CC(=O)NCC1CN(C(=O)c2c[nH]cc2Cc2ccccc2)CCO1. The van der Waals surface area contributed by atoms with Gasteiger partial charge in [0.15, 0.2) is 0 Å². The van der Waals surface area contributed by atoms with Gasteiger partial charge in [0.25, 0.3) is 5.91 Å². The molecule has 0 spiro atoms. The number of benzene rings is 1. The third kappa shape index (κ3) is 4.48. The number of morpholine rings is 1. The van der Waals surface area contributed by atoms with Gasteiger partial charge in [-0.25, -0.2) is 0 Å². The van der Waals surface area contributed by atoms with Crippen molar-refractivity contribution in [3.63, 3.8) is 0 Å². The number of nitrogens with one attached hydrogen (secondary N) is 2. The number of H-pyrrole nitrogens is 1. The highest BCUT2D eigenvalue weighted by molar-refractivity contribution is 5.95. The van der Waals surface area contributed by atoms with Crippen LogP contribution in [0, 0.1) is 0 Å². The Bertz CT molecular complexity index is 727. The number of carbonyl (C=O) groups is 2. The van der Waals surface area contributed by atoms with Crippen molar-refractivity contribution >= 4 is 11.8 Å². The van der Waals surface area contributed by atoms with E-state index in [1.54, 1.807) is 11.1 Å². The number of aromatic nitrogens is 1. The molecule has 132 valence electrons.